The third-order valence-corrected chi connectivity index (χ3v) is 4.29. The number of nitrogens with zero attached hydrogens (tertiary/aromatic N) is 1. The molecule has 1 aliphatic carbocycles. The van der Waals surface area contributed by atoms with Gasteiger partial charge in [0.15, 0.2) is 0 Å². The van der Waals surface area contributed by atoms with Crippen molar-refractivity contribution in [3.05, 3.63) is 0 Å². The van der Waals surface area contributed by atoms with Crippen molar-refractivity contribution < 1.29 is 19.5 Å². The fourth-order valence-electron chi connectivity index (χ4n) is 3.08. The smallest absolute Gasteiger partial charge is 0.303 e. The highest BCUT2D eigenvalue weighted by atomic mass is 16.4. The van der Waals surface area contributed by atoms with E-state index in [0.29, 0.717) is 12.8 Å². The van der Waals surface area contributed by atoms with Gasteiger partial charge in [0.05, 0.1) is 11.8 Å². The third-order valence-electron chi connectivity index (χ3n) is 4.29. The van der Waals surface area contributed by atoms with Crippen molar-refractivity contribution in [3.8, 4) is 0 Å². The molecule has 1 aliphatic heterocycles. The number of fused-ring (bicyclic) bond motifs is 1. The van der Waals surface area contributed by atoms with Crippen molar-refractivity contribution in [2.45, 2.75) is 46.1 Å². The Morgan fingerprint density at radius 2 is 1.83 bits per heavy atom. The molecule has 0 spiro atoms. The van der Waals surface area contributed by atoms with E-state index in [-0.39, 0.29) is 41.5 Å². The zero-order valence-electron chi connectivity index (χ0n) is 11.0. The highest BCUT2D eigenvalue weighted by Crippen LogP contribution is 2.63. The summed E-state index contributed by atoms with van der Waals surface area (Å²) < 4.78 is 0. The summed E-state index contributed by atoms with van der Waals surface area (Å²) in [6, 6.07) is -0.187. The van der Waals surface area contributed by atoms with Crippen molar-refractivity contribution >= 4 is 17.8 Å². The maximum atomic E-state index is 12.1. The van der Waals surface area contributed by atoms with E-state index in [0.717, 1.165) is 0 Å². The molecule has 1 saturated carbocycles. The zero-order valence-corrected chi connectivity index (χ0v) is 11.0. The van der Waals surface area contributed by atoms with Crippen molar-refractivity contribution in [3.63, 3.8) is 0 Å². The molecule has 5 nitrogen and oxygen atoms in total. The van der Waals surface area contributed by atoms with Crippen LogP contribution in [0.4, 0.5) is 0 Å². The van der Waals surface area contributed by atoms with Crippen LogP contribution in [0, 0.1) is 17.3 Å². The van der Waals surface area contributed by atoms with Gasteiger partial charge in [-0.05, 0) is 25.2 Å². The Morgan fingerprint density at radius 3 is 2.28 bits per heavy atom. The van der Waals surface area contributed by atoms with Crippen LogP contribution in [-0.2, 0) is 14.4 Å². The van der Waals surface area contributed by atoms with E-state index >= 15 is 0 Å². The lowest BCUT2D eigenvalue weighted by Gasteiger charge is -2.26. The summed E-state index contributed by atoms with van der Waals surface area (Å²) in [5, 5.41) is 8.57. The molecule has 0 aromatic heterocycles. The fourth-order valence-corrected chi connectivity index (χ4v) is 3.08. The van der Waals surface area contributed by atoms with Gasteiger partial charge in [0.25, 0.3) is 0 Å². The summed E-state index contributed by atoms with van der Waals surface area (Å²) >= 11 is 0. The first-order valence-corrected chi connectivity index (χ1v) is 6.37. The molecular weight excluding hydrogens is 234 g/mol. The lowest BCUT2D eigenvalue weighted by molar-refractivity contribution is -0.145. The van der Waals surface area contributed by atoms with E-state index in [1.165, 1.54) is 4.90 Å². The fraction of sp³-hybridized carbons (Fsp3) is 0.769. The molecule has 2 fully saturated rings. The van der Waals surface area contributed by atoms with E-state index < -0.39 is 5.97 Å². The molecule has 0 aromatic rings. The Kier molecular flexibility index (Phi) is 2.95. The highest BCUT2D eigenvalue weighted by molar-refractivity contribution is 6.10. The van der Waals surface area contributed by atoms with E-state index in [1.807, 2.05) is 20.8 Å². The molecule has 1 heterocycles. The number of imide groups is 1. The lowest BCUT2D eigenvalue weighted by Crippen LogP contribution is -2.42. The molecule has 2 aliphatic rings. The number of aliphatic carboxylic acids is 1. The van der Waals surface area contributed by atoms with Crippen molar-refractivity contribution in [2.75, 3.05) is 0 Å². The number of hydrogen-bond acceptors (Lipinski definition) is 3. The maximum absolute atomic E-state index is 12.1. The standard InChI is InChI=1S/C13H19NO4/c1-7(5-4-6-8(15)16)14-11(17)9-10(12(14)18)13(9,2)3/h7,9-10H,4-6H2,1-3H3,(H,15,16). The molecule has 5 heteroatoms. The molecular formula is C13H19NO4. The first kappa shape index (κ1) is 13.1. The topological polar surface area (TPSA) is 74.7 Å². The Hall–Kier alpha value is -1.39. The molecule has 2 amide bonds. The van der Waals surface area contributed by atoms with Crippen molar-refractivity contribution in [2.24, 2.45) is 17.3 Å². The third kappa shape index (κ3) is 1.82. The molecule has 3 unspecified atom stereocenters. The second-order valence-electron chi connectivity index (χ2n) is 5.96. The second-order valence-corrected chi connectivity index (χ2v) is 5.96. The van der Waals surface area contributed by atoms with Crippen LogP contribution in [0.2, 0.25) is 0 Å². The Balaban J connectivity index is 1.93. The first-order valence-electron chi connectivity index (χ1n) is 6.37. The first-order chi connectivity index (χ1) is 8.28. The highest BCUT2D eigenvalue weighted by Gasteiger charge is 2.72. The van der Waals surface area contributed by atoms with Crippen LogP contribution in [0.1, 0.15) is 40.0 Å². The molecule has 0 aromatic carbocycles. The number of rotatable bonds is 5. The zero-order chi connectivity index (χ0) is 13.7. The van der Waals surface area contributed by atoms with Gasteiger partial charge in [0.2, 0.25) is 11.8 Å². The SMILES string of the molecule is CC(CCCC(=O)O)N1C(=O)C2C(C1=O)C2(C)C. The predicted molar refractivity (Wildman–Crippen MR) is 63.6 cm³/mol. The minimum absolute atomic E-state index is 0.0715. The minimum atomic E-state index is -0.842. The van der Waals surface area contributed by atoms with Gasteiger partial charge < -0.3 is 5.11 Å². The Labute approximate surface area is 106 Å². The molecule has 0 radical (unpaired) electrons. The Morgan fingerprint density at radius 1 is 1.33 bits per heavy atom. The number of carbonyl (C=O) groups is 3. The molecule has 0 bridgehead atoms. The number of amides is 2. The number of hydrogen-bond donors (Lipinski definition) is 1. The number of carbonyl (C=O) groups excluding carboxylic acids is 2. The molecule has 3 atom stereocenters. The summed E-state index contributed by atoms with van der Waals surface area (Å²) in [4.78, 5) is 36.0. The summed E-state index contributed by atoms with van der Waals surface area (Å²) in [6.07, 6.45) is 1.13. The largest absolute Gasteiger partial charge is 0.481 e. The van der Waals surface area contributed by atoms with Crippen LogP contribution < -0.4 is 0 Å². The molecule has 1 N–H and O–H groups in total. The number of piperidine rings is 1. The van der Waals surface area contributed by atoms with Crippen LogP contribution in [0.3, 0.4) is 0 Å². The maximum Gasteiger partial charge on any atom is 0.303 e. The minimum Gasteiger partial charge on any atom is -0.481 e. The van der Waals surface area contributed by atoms with Gasteiger partial charge in [-0.1, -0.05) is 13.8 Å². The van der Waals surface area contributed by atoms with E-state index in [2.05, 4.69) is 0 Å². The van der Waals surface area contributed by atoms with Gasteiger partial charge in [0.1, 0.15) is 0 Å². The van der Waals surface area contributed by atoms with Gasteiger partial charge in [-0.2, -0.15) is 0 Å². The lowest BCUT2D eigenvalue weighted by atomic mass is 10.0. The normalized spacial score (nSPS) is 30.3. The molecule has 18 heavy (non-hydrogen) atoms. The monoisotopic (exact) mass is 253 g/mol. The van der Waals surface area contributed by atoms with Gasteiger partial charge in [-0.15, -0.1) is 0 Å². The number of likely N-dealkylation sites (tertiary alicyclic amines) is 1. The molecule has 2 rings (SSSR count). The molecule has 100 valence electrons. The summed E-state index contributed by atoms with van der Waals surface area (Å²) in [6.45, 7) is 5.71. The Bertz CT molecular complexity index is 391. The second kappa shape index (κ2) is 4.07. The predicted octanol–water partition coefficient (Wildman–Crippen LogP) is 1.27. The number of carboxylic acid groups (broad SMARTS) is 1. The van der Waals surface area contributed by atoms with Gasteiger partial charge in [-0.3, -0.25) is 19.3 Å². The summed E-state index contributed by atoms with van der Waals surface area (Å²) in [5.41, 5.74) is -0.175. The quantitative estimate of drug-likeness (QED) is 0.749. The average Bonchev–Trinajstić information content (AvgIpc) is 2.67. The van der Waals surface area contributed by atoms with Crippen LogP contribution >= 0.6 is 0 Å². The van der Waals surface area contributed by atoms with Crippen molar-refractivity contribution in [1.82, 2.24) is 4.90 Å². The van der Waals surface area contributed by atoms with Gasteiger partial charge in [0, 0.05) is 12.5 Å². The van der Waals surface area contributed by atoms with Gasteiger partial charge >= 0.3 is 5.97 Å². The summed E-state index contributed by atoms with van der Waals surface area (Å²) in [7, 11) is 0. The van der Waals surface area contributed by atoms with E-state index in [1.54, 1.807) is 0 Å². The van der Waals surface area contributed by atoms with Crippen LogP contribution in [0.25, 0.3) is 0 Å². The molecule has 1 saturated heterocycles. The van der Waals surface area contributed by atoms with E-state index in [4.69, 9.17) is 5.11 Å². The van der Waals surface area contributed by atoms with E-state index in [9.17, 15) is 14.4 Å². The van der Waals surface area contributed by atoms with Gasteiger partial charge in [-0.25, -0.2) is 0 Å². The number of carboxylic acids is 1. The average molecular weight is 253 g/mol. The van der Waals surface area contributed by atoms with Crippen LogP contribution in [0.5, 0.6) is 0 Å². The van der Waals surface area contributed by atoms with Crippen LogP contribution in [0.15, 0.2) is 0 Å². The van der Waals surface area contributed by atoms with Crippen LogP contribution in [-0.4, -0.2) is 33.8 Å². The van der Waals surface area contributed by atoms with Crippen molar-refractivity contribution in [1.29, 1.82) is 0 Å². The summed E-state index contributed by atoms with van der Waals surface area (Å²) in [5.74, 6) is -1.28.